The van der Waals surface area contributed by atoms with E-state index in [2.05, 4.69) is 4.98 Å². The van der Waals surface area contributed by atoms with E-state index in [4.69, 9.17) is 21.1 Å². The van der Waals surface area contributed by atoms with Crippen LogP contribution in [0, 0.1) is 0 Å². The number of carbonyl (C=O) groups is 2. The van der Waals surface area contributed by atoms with E-state index in [1.165, 1.54) is 11.8 Å². The van der Waals surface area contributed by atoms with Crippen molar-refractivity contribution in [3.63, 3.8) is 0 Å². The van der Waals surface area contributed by atoms with E-state index < -0.39 is 6.09 Å². The zero-order valence-electron chi connectivity index (χ0n) is 13.1. The number of aromatic nitrogens is 1. The molecule has 0 spiro atoms. The maximum absolute atomic E-state index is 11.7. The minimum atomic E-state index is -0.432. The average molecular weight is 337 g/mol. The van der Waals surface area contributed by atoms with Gasteiger partial charge < -0.3 is 14.4 Å². The van der Waals surface area contributed by atoms with Crippen LogP contribution >= 0.6 is 11.6 Å². The fraction of sp³-hybridized carbons (Fsp3) is 0.312. The summed E-state index contributed by atoms with van der Waals surface area (Å²) < 4.78 is 10.6. The monoisotopic (exact) mass is 336 g/mol. The Hall–Kier alpha value is -2.34. The highest BCUT2D eigenvalue weighted by molar-refractivity contribution is 6.30. The van der Waals surface area contributed by atoms with Crippen LogP contribution < -0.4 is 4.74 Å². The third-order valence-electron chi connectivity index (χ3n) is 3.14. The molecule has 2 aromatic rings. The molecule has 0 saturated carbocycles. The van der Waals surface area contributed by atoms with E-state index in [0.717, 1.165) is 0 Å². The molecule has 0 unspecified atom stereocenters. The maximum atomic E-state index is 11.7. The Bertz CT molecular complexity index is 746. The normalized spacial score (nSPS) is 10.4. The van der Waals surface area contributed by atoms with Crippen molar-refractivity contribution in [2.24, 2.45) is 0 Å². The summed E-state index contributed by atoms with van der Waals surface area (Å²) in [6.07, 6.45) is 1.13. The minimum Gasteiger partial charge on any atom is -0.489 e. The van der Waals surface area contributed by atoms with Gasteiger partial charge in [-0.15, -0.1) is 0 Å². The molecular weight excluding hydrogens is 320 g/mol. The molecular formula is C16H17ClN2O4. The van der Waals surface area contributed by atoms with Crippen LogP contribution in [-0.2, 0) is 4.74 Å². The first kappa shape index (κ1) is 17.0. The van der Waals surface area contributed by atoms with Gasteiger partial charge in [0.15, 0.2) is 5.78 Å². The van der Waals surface area contributed by atoms with Crippen molar-refractivity contribution >= 4 is 34.2 Å². The number of benzene rings is 1. The average Bonchev–Trinajstić information content (AvgIpc) is 2.50. The summed E-state index contributed by atoms with van der Waals surface area (Å²) in [7, 11) is 3.21. The van der Waals surface area contributed by atoms with Gasteiger partial charge >= 0.3 is 6.09 Å². The second-order valence-electron chi connectivity index (χ2n) is 5.08. The van der Waals surface area contributed by atoms with Crippen LogP contribution in [0.4, 0.5) is 4.79 Å². The van der Waals surface area contributed by atoms with Crippen molar-refractivity contribution in [3.05, 3.63) is 35.1 Å². The van der Waals surface area contributed by atoms with Gasteiger partial charge in [0, 0.05) is 36.6 Å². The van der Waals surface area contributed by atoms with Crippen LogP contribution in [0.15, 0.2) is 24.4 Å². The maximum Gasteiger partial charge on any atom is 0.409 e. The van der Waals surface area contributed by atoms with Gasteiger partial charge in [0.25, 0.3) is 0 Å². The second kappa shape index (κ2) is 7.28. The van der Waals surface area contributed by atoms with Crippen LogP contribution in [0.3, 0.4) is 0 Å². The molecule has 0 bridgehead atoms. The van der Waals surface area contributed by atoms with E-state index in [9.17, 15) is 9.59 Å². The molecule has 0 atom stereocenters. The van der Waals surface area contributed by atoms with Gasteiger partial charge in [-0.05, 0) is 25.1 Å². The molecule has 0 radical (unpaired) electrons. The summed E-state index contributed by atoms with van der Waals surface area (Å²) in [6, 6.07) is 5.01. The van der Waals surface area contributed by atoms with Gasteiger partial charge in [0.05, 0.1) is 0 Å². The Morgan fingerprint density at radius 2 is 1.96 bits per heavy atom. The highest BCUT2D eigenvalue weighted by atomic mass is 35.5. The lowest BCUT2D eigenvalue weighted by Gasteiger charge is -2.13. The molecule has 0 fully saturated rings. The predicted octanol–water partition coefficient (Wildman–Crippen LogP) is 3.17. The molecule has 0 saturated heterocycles. The van der Waals surface area contributed by atoms with Gasteiger partial charge in [-0.3, -0.25) is 4.79 Å². The number of ether oxygens (including phenoxy) is 2. The highest BCUT2D eigenvalue weighted by Crippen LogP contribution is 2.30. The molecule has 0 aliphatic heterocycles. The van der Waals surface area contributed by atoms with Gasteiger partial charge in [0.2, 0.25) is 0 Å². The third kappa shape index (κ3) is 4.10. The Balaban J connectivity index is 2.17. The molecule has 2 rings (SSSR count). The number of Topliss-reactive ketones (excluding diaryl/α,β-unsaturated/α-hetero) is 1. The largest absolute Gasteiger partial charge is 0.489 e. The summed E-state index contributed by atoms with van der Waals surface area (Å²) in [6.45, 7) is 1.80. The molecule has 1 aromatic carbocycles. The number of amides is 1. The third-order valence-corrected chi connectivity index (χ3v) is 3.35. The van der Waals surface area contributed by atoms with Crippen molar-refractivity contribution in [2.75, 3.05) is 27.3 Å². The van der Waals surface area contributed by atoms with Crippen LogP contribution in [0.5, 0.6) is 5.75 Å². The Kier molecular flexibility index (Phi) is 5.39. The number of hydrogen-bond acceptors (Lipinski definition) is 5. The van der Waals surface area contributed by atoms with Crippen molar-refractivity contribution in [1.82, 2.24) is 9.88 Å². The highest BCUT2D eigenvalue weighted by Gasteiger charge is 2.12. The predicted molar refractivity (Wildman–Crippen MR) is 87.3 cm³/mol. The van der Waals surface area contributed by atoms with E-state index in [1.807, 2.05) is 0 Å². The lowest BCUT2D eigenvalue weighted by Crippen LogP contribution is -2.24. The molecule has 1 amide bonds. The second-order valence-corrected chi connectivity index (χ2v) is 5.46. The lowest BCUT2D eigenvalue weighted by atomic mass is 10.0. The quantitative estimate of drug-likeness (QED) is 0.476. The Morgan fingerprint density at radius 3 is 2.61 bits per heavy atom. The van der Waals surface area contributed by atoms with Gasteiger partial charge in [0.1, 0.15) is 24.1 Å². The van der Waals surface area contributed by atoms with Gasteiger partial charge in [-0.25, -0.2) is 9.78 Å². The van der Waals surface area contributed by atoms with Gasteiger partial charge in [-0.1, -0.05) is 11.6 Å². The summed E-state index contributed by atoms with van der Waals surface area (Å²) in [5.41, 5.74) is 0.552. The first-order chi connectivity index (χ1) is 10.9. The van der Waals surface area contributed by atoms with Crippen LogP contribution in [-0.4, -0.2) is 49.1 Å². The molecule has 0 aliphatic carbocycles. The van der Waals surface area contributed by atoms with Crippen molar-refractivity contribution in [3.8, 4) is 5.75 Å². The van der Waals surface area contributed by atoms with Crippen LogP contribution in [0.2, 0.25) is 5.15 Å². The van der Waals surface area contributed by atoms with Crippen molar-refractivity contribution < 1.29 is 19.1 Å². The molecule has 1 heterocycles. The van der Waals surface area contributed by atoms with Crippen molar-refractivity contribution in [1.29, 1.82) is 0 Å². The topological polar surface area (TPSA) is 68.7 Å². The zero-order chi connectivity index (χ0) is 17.0. The SMILES string of the molecule is CC(=O)c1ccc(OCCOC(=O)N(C)C)c2cnc(Cl)cc12. The fourth-order valence-electron chi connectivity index (χ4n) is 2.03. The Labute approximate surface area is 139 Å². The summed E-state index contributed by atoms with van der Waals surface area (Å²) in [5.74, 6) is 0.485. The smallest absolute Gasteiger partial charge is 0.409 e. The number of halogens is 1. The molecule has 0 N–H and O–H groups in total. The standard InChI is InChI=1S/C16H17ClN2O4/c1-10(20)11-4-5-14(13-9-18-15(17)8-12(11)13)22-6-7-23-16(21)19(2)3/h4-5,8-9H,6-7H2,1-3H3. The zero-order valence-corrected chi connectivity index (χ0v) is 13.9. The molecule has 6 nitrogen and oxygen atoms in total. The van der Waals surface area contributed by atoms with E-state index in [1.54, 1.807) is 38.5 Å². The lowest BCUT2D eigenvalue weighted by molar-refractivity contribution is 0.101. The number of ketones is 1. The van der Waals surface area contributed by atoms with Crippen LogP contribution in [0.25, 0.3) is 10.8 Å². The van der Waals surface area contributed by atoms with Crippen LogP contribution in [0.1, 0.15) is 17.3 Å². The van der Waals surface area contributed by atoms with E-state index in [0.29, 0.717) is 27.2 Å². The molecule has 0 aliphatic rings. The van der Waals surface area contributed by atoms with E-state index in [-0.39, 0.29) is 19.0 Å². The first-order valence-corrected chi connectivity index (χ1v) is 7.34. The number of nitrogens with zero attached hydrogens (tertiary/aromatic N) is 2. The fourth-order valence-corrected chi connectivity index (χ4v) is 2.19. The van der Waals surface area contributed by atoms with E-state index >= 15 is 0 Å². The number of rotatable bonds is 5. The molecule has 1 aromatic heterocycles. The molecule has 23 heavy (non-hydrogen) atoms. The number of carbonyl (C=O) groups excluding carboxylic acids is 2. The summed E-state index contributed by atoms with van der Waals surface area (Å²) in [4.78, 5) is 28.4. The van der Waals surface area contributed by atoms with Crippen molar-refractivity contribution in [2.45, 2.75) is 6.92 Å². The number of fused-ring (bicyclic) bond motifs is 1. The minimum absolute atomic E-state index is 0.0660. The number of pyridine rings is 1. The van der Waals surface area contributed by atoms with Gasteiger partial charge in [-0.2, -0.15) is 0 Å². The molecule has 122 valence electrons. The molecule has 7 heteroatoms. The first-order valence-electron chi connectivity index (χ1n) is 6.96. The summed E-state index contributed by atoms with van der Waals surface area (Å²) in [5, 5.41) is 1.67. The Morgan fingerprint density at radius 1 is 1.22 bits per heavy atom. The summed E-state index contributed by atoms with van der Waals surface area (Å²) >= 11 is 5.91. The number of hydrogen-bond donors (Lipinski definition) is 0.